The van der Waals surface area contributed by atoms with E-state index in [4.69, 9.17) is 0 Å². The van der Waals surface area contributed by atoms with Crippen LogP contribution in [0.4, 0.5) is 17.6 Å². The van der Waals surface area contributed by atoms with Crippen LogP contribution in [0.25, 0.3) is 11.1 Å². The van der Waals surface area contributed by atoms with E-state index in [0.717, 1.165) is 24.4 Å². The third-order valence-electron chi connectivity index (χ3n) is 2.27. The molecule has 100 valence electrons. The van der Waals surface area contributed by atoms with Gasteiger partial charge in [0, 0.05) is 11.8 Å². The molecule has 0 aliphatic rings. The number of ether oxygens (including phenoxy) is 1. The van der Waals surface area contributed by atoms with E-state index >= 15 is 0 Å². The van der Waals surface area contributed by atoms with Crippen LogP contribution in [-0.4, -0.2) is 11.3 Å². The summed E-state index contributed by atoms with van der Waals surface area (Å²) in [6.45, 7) is 0. The highest BCUT2D eigenvalue weighted by molar-refractivity contribution is 5.63. The molecule has 0 unspecified atom stereocenters. The zero-order chi connectivity index (χ0) is 14.0. The Kier molecular flexibility index (Phi) is 3.28. The van der Waals surface area contributed by atoms with Crippen LogP contribution in [0.5, 0.6) is 5.75 Å². The lowest BCUT2D eigenvalue weighted by Crippen LogP contribution is -2.17. The summed E-state index contributed by atoms with van der Waals surface area (Å²) in [4.78, 5) is 13.6. The minimum atomic E-state index is -4.78. The number of hydrogen-bond acceptors (Lipinski definition) is 2. The van der Waals surface area contributed by atoms with Gasteiger partial charge in [0.15, 0.2) is 0 Å². The molecule has 0 spiro atoms. The fourth-order valence-corrected chi connectivity index (χ4v) is 1.51. The number of halogens is 4. The number of alkyl halides is 3. The van der Waals surface area contributed by atoms with E-state index < -0.39 is 23.5 Å². The third kappa shape index (κ3) is 3.34. The highest BCUT2D eigenvalue weighted by Crippen LogP contribution is 2.25. The van der Waals surface area contributed by atoms with Crippen LogP contribution in [0.15, 0.2) is 41.3 Å². The van der Waals surface area contributed by atoms with E-state index in [1.165, 1.54) is 12.1 Å². The number of benzene rings is 1. The maximum Gasteiger partial charge on any atom is 0.573 e. The molecule has 0 atom stereocenters. The molecule has 2 aromatic rings. The normalized spacial score (nSPS) is 11.4. The van der Waals surface area contributed by atoms with Gasteiger partial charge in [-0.3, -0.25) is 4.79 Å². The molecule has 0 fully saturated rings. The summed E-state index contributed by atoms with van der Waals surface area (Å²) < 4.78 is 52.5. The van der Waals surface area contributed by atoms with Crippen LogP contribution < -0.4 is 10.3 Å². The Bertz CT molecular complexity index is 631. The fourth-order valence-electron chi connectivity index (χ4n) is 1.51. The van der Waals surface area contributed by atoms with E-state index in [-0.39, 0.29) is 11.1 Å². The standard InChI is InChI=1S/C12H7F4NO2/c13-8-5-10(11(18)17-6-8)7-1-3-9(4-2-7)19-12(14,15)16/h1-6H,(H,17,18). The van der Waals surface area contributed by atoms with Crippen molar-refractivity contribution in [2.75, 3.05) is 0 Å². The average Bonchev–Trinajstić information content (AvgIpc) is 2.31. The third-order valence-corrected chi connectivity index (χ3v) is 2.27. The molecule has 0 amide bonds. The first-order chi connectivity index (χ1) is 8.85. The molecule has 1 heterocycles. The lowest BCUT2D eigenvalue weighted by Gasteiger charge is -2.09. The lowest BCUT2D eigenvalue weighted by atomic mass is 10.1. The van der Waals surface area contributed by atoms with E-state index in [2.05, 4.69) is 9.72 Å². The molecular formula is C12H7F4NO2. The Morgan fingerprint density at radius 3 is 2.32 bits per heavy atom. The Labute approximate surface area is 104 Å². The van der Waals surface area contributed by atoms with Crippen LogP contribution in [0.2, 0.25) is 0 Å². The number of nitrogens with one attached hydrogen (secondary N) is 1. The molecule has 3 nitrogen and oxygen atoms in total. The number of pyridine rings is 1. The molecule has 1 aromatic carbocycles. The zero-order valence-electron chi connectivity index (χ0n) is 9.29. The SMILES string of the molecule is O=c1[nH]cc(F)cc1-c1ccc(OC(F)(F)F)cc1. The average molecular weight is 273 g/mol. The fraction of sp³-hybridized carbons (Fsp3) is 0.0833. The second-order valence-corrected chi connectivity index (χ2v) is 3.63. The van der Waals surface area contributed by atoms with Crippen molar-refractivity contribution in [1.82, 2.24) is 4.98 Å². The van der Waals surface area contributed by atoms with Gasteiger partial charge in [0.05, 0.1) is 0 Å². The van der Waals surface area contributed by atoms with Crippen molar-refractivity contribution in [1.29, 1.82) is 0 Å². The van der Waals surface area contributed by atoms with Crippen LogP contribution >= 0.6 is 0 Å². The Balaban J connectivity index is 2.33. The predicted octanol–water partition coefficient (Wildman–Crippen LogP) is 3.08. The molecule has 0 saturated carbocycles. The summed E-state index contributed by atoms with van der Waals surface area (Å²) in [5.74, 6) is -1.06. The van der Waals surface area contributed by atoms with Gasteiger partial charge in [-0.2, -0.15) is 0 Å². The smallest absolute Gasteiger partial charge is 0.406 e. The molecule has 1 N–H and O–H groups in total. The molecule has 7 heteroatoms. The van der Waals surface area contributed by atoms with Crippen molar-refractivity contribution in [3.63, 3.8) is 0 Å². The Morgan fingerprint density at radius 2 is 1.74 bits per heavy atom. The van der Waals surface area contributed by atoms with Gasteiger partial charge in [0.1, 0.15) is 11.6 Å². The summed E-state index contributed by atoms with van der Waals surface area (Å²) in [7, 11) is 0. The van der Waals surface area contributed by atoms with E-state index in [1.54, 1.807) is 0 Å². The second-order valence-electron chi connectivity index (χ2n) is 3.63. The summed E-state index contributed by atoms with van der Waals surface area (Å²) in [6, 6.07) is 5.58. The molecule has 0 saturated heterocycles. The van der Waals surface area contributed by atoms with Crippen molar-refractivity contribution in [2.24, 2.45) is 0 Å². The Morgan fingerprint density at radius 1 is 1.11 bits per heavy atom. The first-order valence-corrected chi connectivity index (χ1v) is 5.09. The number of H-pyrrole nitrogens is 1. The van der Waals surface area contributed by atoms with Gasteiger partial charge in [-0.1, -0.05) is 12.1 Å². The predicted molar refractivity (Wildman–Crippen MR) is 59.1 cm³/mol. The topological polar surface area (TPSA) is 42.1 Å². The summed E-state index contributed by atoms with van der Waals surface area (Å²) >= 11 is 0. The number of hydrogen-bond donors (Lipinski definition) is 1. The van der Waals surface area contributed by atoms with Crippen molar-refractivity contribution < 1.29 is 22.3 Å². The van der Waals surface area contributed by atoms with Gasteiger partial charge in [-0.05, 0) is 23.8 Å². The monoisotopic (exact) mass is 273 g/mol. The molecule has 0 bridgehead atoms. The summed E-state index contributed by atoms with van der Waals surface area (Å²) in [5.41, 5.74) is -0.222. The second kappa shape index (κ2) is 4.75. The van der Waals surface area contributed by atoms with E-state index in [9.17, 15) is 22.4 Å². The van der Waals surface area contributed by atoms with Gasteiger partial charge in [-0.15, -0.1) is 13.2 Å². The highest BCUT2D eigenvalue weighted by Gasteiger charge is 2.30. The number of aromatic amines is 1. The molecular weight excluding hydrogens is 266 g/mol. The minimum Gasteiger partial charge on any atom is -0.406 e. The van der Waals surface area contributed by atoms with Crippen LogP contribution in [0.3, 0.4) is 0 Å². The van der Waals surface area contributed by atoms with Gasteiger partial charge < -0.3 is 9.72 Å². The summed E-state index contributed by atoms with van der Waals surface area (Å²) in [5, 5.41) is 0. The summed E-state index contributed by atoms with van der Waals surface area (Å²) in [6.07, 6.45) is -3.88. The molecule has 19 heavy (non-hydrogen) atoms. The van der Waals surface area contributed by atoms with Crippen molar-refractivity contribution >= 4 is 0 Å². The number of aromatic nitrogens is 1. The van der Waals surface area contributed by atoms with Crippen LogP contribution in [0, 0.1) is 5.82 Å². The highest BCUT2D eigenvalue weighted by atomic mass is 19.4. The van der Waals surface area contributed by atoms with E-state index in [1.807, 2.05) is 0 Å². The van der Waals surface area contributed by atoms with Gasteiger partial charge in [0.2, 0.25) is 0 Å². The Hall–Kier alpha value is -2.31. The first-order valence-electron chi connectivity index (χ1n) is 5.09. The molecule has 2 rings (SSSR count). The van der Waals surface area contributed by atoms with Crippen molar-refractivity contribution in [3.05, 3.63) is 52.7 Å². The van der Waals surface area contributed by atoms with E-state index in [0.29, 0.717) is 0 Å². The van der Waals surface area contributed by atoms with Crippen LogP contribution in [-0.2, 0) is 0 Å². The quantitative estimate of drug-likeness (QED) is 0.854. The maximum absolute atomic E-state index is 13.0. The first kappa shape index (κ1) is 13.1. The van der Waals surface area contributed by atoms with Crippen molar-refractivity contribution in [3.8, 4) is 16.9 Å². The number of rotatable bonds is 2. The molecule has 1 aromatic heterocycles. The molecule has 0 aliphatic heterocycles. The molecule has 0 aliphatic carbocycles. The van der Waals surface area contributed by atoms with Gasteiger partial charge in [-0.25, -0.2) is 4.39 Å². The van der Waals surface area contributed by atoms with Gasteiger partial charge in [0.25, 0.3) is 5.56 Å². The van der Waals surface area contributed by atoms with Crippen molar-refractivity contribution in [2.45, 2.75) is 6.36 Å². The molecule has 0 radical (unpaired) electrons. The van der Waals surface area contributed by atoms with Gasteiger partial charge >= 0.3 is 6.36 Å². The maximum atomic E-state index is 13.0. The lowest BCUT2D eigenvalue weighted by molar-refractivity contribution is -0.274. The zero-order valence-corrected chi connectivity index (χ0v) is 9.29. The minimum absolute atomic E-state index is 0.0264. The van der Waals surface area contributed by atoms with Crippen LogP contribution in [0.1, 0.15) is 0 Å². The largest absolute Gasteiger partial charge is 0.573 e.